The molecule has 1 aromatic heterocycles. The summed E-state index contributed by atoms with van der Waals surface area (Å²) in [6, 6.07) is 0.373. The predicted octanol–water partition coefficient (Wildman–Crippen LogP) is 2.95. The molecule has 0 aromatic carbocycles. The van der Waals surface area contributed by atoms with Crippen LogP contribution in [0.5, 0.6) is 0 Å². The molecule has 0 spiro atoms. The highest BCUT2D eigenvalue weighted by Gasteiger charge is 2.28. The summed E-state index contributed by atoms with van der Waals surface area (Å²) in [5.41, 5.74) is 1.09. The van der Waals surface area contributed by atoms with E-state index < -0.39 is 0 Å². The molecule has 1 aliphatic carbocycles. The molecule has 1 aromatic rings. The molecular weight excluding hydrogens is 210 g/mol. The number of nitrogens with one attached hydrogen (secondary N) is 1. The first-order valence-corrected chi connectivity index (χ1v) is 6.78. The predicted molar refractivity (Wildman–Crippen MR) is 69.6 cm³/mol. The summed E-state index contributed by atoms with van der Waals surface area (Å²) in [7, 11) is 2.04. The SMILES string of the molecule is CCC1CCCC(C(NC)c2cnccn2)C1. The van der Waals surface area contributed by atoms with Crippen LogP contribution in [0.2, 0.25) is 0 Å². The van der Waals surface area contributed by atoms with Gasteiger partial charge in [0.1, 0.15) is 0 Å². The third kappa shape index (κ3) is 3.03. The zero-order chi connectivity index (χ0) is 12.1. The summed E-state index contributed by atoms with van der Waals surface area (Å²) < 4.78 is 0. The zero-order valence-electron chi connectivity index (χ0n) is 10.9. The molecular formula is C14H23N3. The summed E-state index contributed by atoms with van der Waals surface area (Å²) in [5, 5.41) is 3.43. The minimum Gasteiger partial charge on any atom is -0.311 e. The van der Waals surface area contributed by atoms with Crippen molar-refractivity contribution in [2.75, 3.05) is 7.05 Å². The van der Waals surface area contributed by atoms with Gasteiger partial charge >= 0.3 is 0 Å². The smallest absolute Gasteiger partial charge is 0.0758 e. The molecule has 0 bridgehead atoms. The lowest BCUT2D eigenvalue weighted by molar-refractivity contribution is 0.212. The van der Waals surface area contributed by atoms with Gasteiger partial charge in [-0.2, -0.15) is 0 Å². The molecule has 0 amide bonds. The minimum atomic E-state index is 0.373. The van der Waals surface area contributed by atoms with E-state index in [1.807, 2.05) is 13.2 Å². The van der Waals surface area contributed by atoms with Crippen LogP contribution in [0.25, 0.3) is 0 Å². The lowest BCUT2D eigenvalue weighted by Gasteiger charge is -2.33. The monoisotopic (exact) mass is 233 g/mol. The van der Waals surface area contributed by atoms with Gasteiger partial charge < -0.3 is 5.32 Å². The Morgan fingerprint density at radius 3 is 2.94 bits per heavy atom. The second kappa shape index (κ2) is 6.10. The van der Waals surface area contributed by atoms with Gasteiger partial charge in [-0.15, -0.1) is 0 Å². The van der Waals surface area contributed by atoms with Crippen molar-refractivity contribution in [1.82, 2.24) is 15.3 Å². The van der Waals surface area contributed by atoms with E-state index in [2.05, 4.69) is 22.2 Å². The standard InChI is InChI=1S/C14H23N3/c1-3-11-5-4-6-12(9-11)14(15-2)13-10-16-7-8-17-13/h7-8,10-12,14-15H,3-6,9H2,1-2H3. The second-order valence-corrected chi connectivity index (χ2v) is 5.10. The highest BCUT2D eigenvalue weighted by Crippen LogP contribution is 2.37. The van der Waals surface area contributed by atoms with Gasteiger partial charge in [-0.25, -0.2) is 0 Å². The summed E-state index contributed by atoms with van der Waals surface area (Å²) in [6.45, 7) is 2.31. The average Bonchev–Trinajstić information content (AvgIpc) is 2.41. The first kappa shape index (κ1) is 12.5. The van der Waals surface area contributed by atoms with Crippen LogP contribution in [0, 0.1) is 11.8 Å². The van der Waals surface area contributed by atoms with Crippen LogP contribution in [0.4, 0.5) is 0 Å². The van der Waals surface area contributed by atoms with E-state index in [4.69, 9.17) is 0 Å². The van der Waals surface area contributed by atoms with Crippen LogP contribution in [0.15, 0.2) is 18.6 Å². The Bertz CT molecular complexity index is 325. The Labute approximate surface area is 104 Å². The Hall–Kier alpha value is -0.960. The lowest BCUT2D eigenvalue weighted by atomic mass is 9.76. The van der Waals surface area contributed by atoms with Crippen molar-refractivity contribution in [3.05, 3.63) is 24.3 Å². The quantitative estimate of drug-likeness (QED) is 0.869. The molecule has 2 rings (SSSR count). The normalized spacial score (nSPS) is 26.7. The van der Waals surface area contributed by atoms with Crippen LogP contribution < -0.4 is 5.32 Å². The summed E-state index contributed by atoms with van der Waals surface area (Å²) in [6.07, 6.45) is 12.2. The molecule has 1 heterocycles. The molecule has 3 unspecified atom stereocenters. The first-order valence-electron chi connectivity index (χ1n) is 6.78. The third-order valence-corrected chi connectivity index (χ3v) is 4.08. The topological polar surface area (TPSA) is 37.8 Å². The zero-order valence-corrected chi connectivity index (χ0v) is 10.9. The van der Waals surface area contributed by atoms with E-state index in [9.17, 15) is 0 Å². The number of hydrogen-bond acceptors (Lipinski definition) is 3. The average molecular weight is 233 g/mol. The van der Waals surface area contributed by atoms with Crippen molar-refractivity contribution in [1.29, 1.82) is 0 Å². The van der Waals surface area contributed by atoms with Crippen molar-refractivity contribution in [3.63, 3.8) is 0 Å². The highest BCUT2D eigenvalue weighted by molar-refractivity contribution is 5.04. The van der Waals surface area contributed by atoms with Gasteiger partial charge in [0.2, 0.25) is 0 Å². The summed E-state index contributed by atoms with van der Waals surface area (Å²) >= 11 is 0. The summed E-state index contributed by atoms with van der Waals surface area (Å²) in [4.78, 5) is 8.64. The molecule has 0 radical (unpaired) electrons. The fourth-order valence-corrected chi connectivity index (χ4v) is 3.10. The largest absolute Gasteiger partial charge is 0.311 e. The van der Waals surface area contributed by atoms with Crippen LogP contribution in [0.3, 0.4) is 0 Å². The first-order chi connectivity index (χ1) is 8.35. The maximum Gasteiger partial charge on any atom is 0.0758 e. The molecule has 1 aliphatic rings. The highest BCUT2D eigenvalue weighted by atomic mass is 14.9. The van der Waals surface area contributed by atoms with Gasteiger partial charge in [-0.1, -0.05) is 26.2 Å². The lowest BCUT2D eigenvalue weighted by Crippen LogP contribution is -2.30. The van der Waals surface area contributed by atoms with Gasteiger partial charge in [-0.05, 0) is 31.7 Å². The van der Waals surface area contributed by atoms with Gasteiger partial charge in [0.05, 0.1) is 11.7 Å². The molecule has 94 valence electrons. The maximum absolute atomic E-state index is 4.45. The molecule has 1 saturated carbocycles. The van der Waals surface area contributed by atoms with Crippen molar-refractivity contribution in [3.8, 4) is 0 Å². The van der Waals surface area contributed by atoms with Crippen LogP contribution in [-0.4, -0.2) is 17.0 Å². The van der Waals surface area contributed by atoms with Crippen molar-refractivity contribution in [2.24, 2.45) is 11.8 Å². The van der Waals surface area contributed by atoms with Gasteiger partial charge in [0, 0.05) is 18.6 Å². The second-order valence-electron chi connectivity index (χ2n) is 5.10. The maximum atomic E-state index is 4.45. The third-order valence-electron chi connectivity index (χ3n) is 4.08. The number of aromatic nitrogens is 2. The molecule has 1 N–H and O–H groups in total. The van der Waals surface area contributed by atoms with Crippen LogP contribution in [-0.2, 0) is 0 Å². The van der Waals surface area contributed by atoms with Gasteiger partial charge in [0.25, 0.3) is 0 Å². The van der Waals surface area contributed by atoms with E-state index >= 15 is 0 Å². The Kier molecular flexibility index (Phi) is 4.49. The summed E-state index contributed by atoms with van der Waals surface area (Å²) in [5.74, 6) is 1.62. The number of nitrogens with zero attached hydrogens (tertiary/aromatic N) is 2. The van der Waals surface area contributed by atoms with Crippen molar-refractivity contribution < 1.29 is 0 Å². The van der Waals surface area contributed by atoms with Crippen molar-refractivity contribution in [2.45, 2.75) is 45.1 Å². The van der Waals surface area contributed by atoms with Gasteiger partial charge in [0.15, 0.2) is 0 Å². The van der Waals surface area contributed by atoms with Crippen molar-refractivity contribution >= 4 is 0 Å². The van der Waals surface area contributed by atoms with E-state index in [0.29, 0.717) is 6.04 Å². The van der Waals surface area contributed by atoms with Crippen LogP contribution in [0.1, 0.15) is 50.8 Å². The van der Waals surface area contributed by atoms with E-state index in [1.54, 1.807) is 12.4 Å². The molecule has 1 fully saturated rings. The molecule has 3 nitrogen and oxygen atoms in total. The fraction of sp³-hybridized carbons (Fsp3) is 0.714. The van der Waals surface area contributed by atoms with E-state index in [1.165, 1.54) is 32.1 Å². The van der Waals surface area contributed by atoms with Gasteiger partial charge in [-0.3, -0.25) is 9.97 Å². The van der Waals surface area contributed by atoms with Crippen LogP contribution >= 0.6 is 0 Å². The molecule has 3 atom stereocenters. The Balaban J connectivity index is 2.08. The Morgan fingerprint density at radius 2 is 2.29 bits per heavy atom. The Morgan fingerprint density at radius 1 is 1.41 bits per heavy atom. The molecule has 0 saturated heterocycles. The molecule has 3 heteroatoms. The fourth-order valence-electron chi connectivity index (χ4n) is 3.10. The minimum absolute atomic E-state index is 0.373. The molecule has 17 heavy (non-hydrogen) atoms. The van der Waals surface area contributed by atoms with E-state index in [0.717, 1.165) is 17.5 Å². The number of rotatable bonds is 4. The van der Waals surface area contributed by atoms with E-state index in [-0.39, 0.29) is 0 Å². The number of hydrogen-bond donors (Lipinski definition) is 1. The molecule has 0 aliphatic heterocycles.